The Balaban J connectivity index is 1.12. The van der Waals surface area contributed by atoms with Crippen molar-refractivity contribution < 1.29 is 0 Å². The molecular weight excluding hydrogens is 486 g/mol. The summed E-state index contributed by atoms with van der Waals surface area (Å²) in [6.07, 6.45) is 6.97. The molecular formula is C30H33N9. The summed E-state index contributed by atoms with van der Waals surface area (Å²) >= 11 is 0. The maximum Gasteiger partial charge on any atom is 0.248 e. The third kappa shape index (κ3) is 4.42. The van der Waals surface area contributed by atoms with Crippen molar-refractivity contribution >= 4 is 45.1 Å². The fraction of sp³-hybridized carbons (Fsp3) is 0.333. The SMILES string of the molecule is Cc1cc(Nc2nc(N)n(-c3nc4ccccc4c4ccccc34)n2)cnc1N1CCC(N2CCCC2)CC1. The second kappa shape index (κ2) is 9.81. The van der Waals surface area contributed by atoms with Crippen LogP contribution in [-0.4, -0.2) is 61.9 Å². The van der Waals surface area contributed by atoms with Gasteiger partial charge in [-0.2, -0.15) is 9.67 Å². The molecule has 5 aromatic rings. The molecule has 198 valence electrons. The first-order valence-electron chi connectivity index (χ1n) is 13.9. The Kier molecular flexibility index (Phi) is 6.00. The summed E-state index contributed by atoms with van der Waals surface area (Å²) in [7, 11) is 0. The molecule has 3 N–H and O–H groups in total. The third-order valence-electron chi connectivity index (χ3n) is 8.15. The van der Waals surface area contributed by atoms with E-state index in [1.165, 1.54) is 38.8 Å². The summed E-state index contributed by atoms with van der Waals surface area (Å²) in [4.78, 5) is 19.3. The maximum absolute atomic E-state index is 6.35. The van der Waals surface area contributed by atoms with Gasteiger partial charge < -0.3 is 20.9 Å². The number of anilines is 4. The quantitative estimate of drug-likeness (QED) is 0.311. The standard InChI is InChI=1S/C30H33N9/c1-20-18-21(19-32-27(20)38-16-12-22(13-17-38)37-14-6-7-15-37)33-30-35-29(31)39(36-30)28-25-10-3-2-8-23(25)24-9-4-5-11-26(24)34-28/h2-5,8-11,18-19,22H,6-7,12-17H2,1H3,(H3,31,33,35,36). The molecule has 2 aromatic carbocycles. The number of aromatic nitrogens is 5. The van der Waals surface area contributed by atoms with Gasteiger partial charge in [0.15, 0.2) is 5.82 Å². The number of nitrogen functional groups attached to an aromatic ring is 1. The second-order valence-corrected chi connectivity index (χ2v) is 10.7. The van der Waals surface area contributed by atoms with Crippen LogP contribution in [0, 0.1) is 6.92 Å². The predicted molar refractivity (Wildman–Crippen MR) is 157 cm³/mol. The Hall–Kier alpha value is -4.24. The Morgan fingerprint density at radius 1 is 0.846 bits per heavy atom. The summed E-state index contributed by atoms with van der Waals surface area (Å²) < 4.78 is 1.61. The summed E-state index contributed by atoms with van der Waals surface area (Å²) in [5.41, 5.74) is 9.20. The van der Waals surface area contributed by atoms with Gasteiger partial charge in [-0.05, 0) is 68.8 Å². The number of nitrogens with two attached hydrogens (primary N) is 1. The number of benzene rings is 2. The molecule has 0 saturated carbocycles. The van der Waals surface area contributed by atoms with Gasteiger partial charge in [0.2, 0.25) is 11.9 Å². The van der Waals surface area contributed by atoms with Crippen molar-refractivity contribution in [1.82, 2.24) is 29.6 Å². The van der Waals surface area contributed by atoms with E-state index in [9.17, 15) is 0 Å². The van der Waals surface area contributed by atoms with Gasteiger partial charge in [-0.25, -0.2) is 9.97 Å². The molecule has 9 heteroatoms. The number of nitrogens with zero attached hydrogens (tertiary/aromatic N) is 7. The molecule has 3 aromatic heterocycles. The van der Waals surface area contributed by atoms with Crippen LogP contribution in [0.1, 0.15) is 31.2 Å². The van der Waals surface area contributed by atoms with Crippen molar-refractivity contribution in [3.05, 3.63) is 66.4 Å². The van der Waals surface area contributed by atoms with Crippen LogP contribution >= 0.6 is 0 Å². The molecule has 0 radical (unpaired) electrons. The number of rotatable bonds is 5. The van der Waals surface area contributed by atoms with Gasteiger partial charge in [-0.15, -0.1) is 5.10 Å². The minimum atomic E-state index is 0.271. The second-order valence-electron chi connectivity index (χ2n) is 10.7. The topological polar surface area (TPSA) is 101 Å². The number of para-hydroxylation sites is 1. The molecule has 0 bridgehead atoms. The average molecular weight is 520 g/mol. The number of piperidine rings is 1. The Morgan fingerprint density at radius 2 is 1.56 bits per heavy atom. The van der Waals surface area contributed by atoms with Gasteiger partial charge in [0, 0.05) is 29.9 Å². The molecule has 9 nitrogen and oxygen atoms in total. The van der Waals surface area contributed by atoms with Crippen LogP contribution in [0.4, 0.5) is 23.4 Å². The molecule has 0 spiro atoms. The minimum Gasteiger partial charge on any atom is -0.368 e. The van der Waals surface area contributed by atoms with Gasteiger partial charge in [0.05, 0.1) is 17.4 Å². The largest absolute Gasteiger partial charge is 0.368 e. The lowest BCUT2D eigenvalue weighted by Crippen LogP contribution is -2.44. The first-order valence-corrected chi connectivity index (χ1v) is 13.9. The number of likely N-dealkylation sites (tertiary alicyclic amines) is 1. The number of pyridine rings is 2. The number of nitrogens with one attached hydrogen (secondary N) is 1. The highest BCUT2D eigenvalue weighted by molar-refractivity contribution is 6.08. The molecule has 0 aliphatic carbocycles. The molecule has 2 fully saturated rings. The summed E-state index contributed by atoms with van der Waals surface area (Å²) in [6.45, 7) is 6.76. The predicted octanol–water partition coefficient (Wildman–Crippen LogP) is 5.06. The fourth-order valence-electron chi connectivity index (χ4n) is 6.23. The zero-order valence-corrected chi connectivity index (χ0v) is 22.2. The number of hydrogen-bond acceptors (Lipinski definition) is 8. The first-order chi connectivity index (χ1) is 19.1. The zero-order chi connectivity index (χ0) is 26.3. The van der Waals surface area contributed by atoms with E-state index < -0.39 is 0 Å². The molecule has 2 aliphatic rings. The first kappa shape index (κ1) is 23.8. The van der Waals surface area contributed by atoms with Crippen molar-refractivity contribution in [2.24, 2.45) is 0 Å². The van der Waals surface area contributed by atoms with E-state index in [2.05, 4.69) is 50.3 Å². The van der Waals surface area contributed by atoms with Crippen molar-refractivity contribution in [1.29, 1.82) is 0 Å². The Labute approximate surface area is 227 Å². The van der Waals surface area contributed by atoms with Crippen LogP contribution in [0.3, 0.4) is 0 Å². The molecule has 0 unspecified atom stereocenters. The van der Waals surface area contributed by atoms with Crippen molar-refractivity contribution in [2.75, 3.05) is 42.1 Å². The monoisotopic (exact) mass is 519 g/mol. The van der Waals surface area contributed by atoms with E-state index >= 15 is 0 Å². The molecule has 0 amide bonds. The fourth-order valence-corrected chi connectivity index (χ4v) is 6.23. The maximum atomic E-state index is 6.35. The van der Waals surface area contributed by atoms with E-state index in [4.69, 9.17) is 15.7 Å². The molecule has 2 aliphatic heterocycles. The zero-order valence-electron chi connectivity index (χ0n) is 22.2. The highest BCUT2D eigenvalue weighted by Gasteiger charge is 2.27. The van der Waals surface area contributed by atoms with Gasteiger partial charge in [0.1, 0.15) is 5.82 Å². The van der Waals surface area contributed by atoms with Gasteiger partial charge in [-0.1, -0.05) is 42.5 Å². The molecule has 5 heterocycles. The lowest BCUT2D eigenvalue weighted by atomic mass is 10.0. The van der Waals surface area contributed by atoms with Crippen LogP contribution in [0.15, 0.2) is 60.8 Å². The van der Waals surface area contributed by atoms with Crippen molar-refractivity contribution in [2.45, 2.75) is 38.6 Å². The summed E-state index contributed by atoms with van der Waals surface area (Å²) in [5.74, 6) is 2.40. The van der Waals surface area contributed by atoms with Crippen LogP contribution in [0.25, 0.3) is 27.5 Å². The normalized spacial score (nSPS) is 16.9. The third-order valence-corrected chi connectivity index (χ3v) is 8.15. The molecule has 0 atom stereocenters. The van der Waals surface area contributed by atoms with Crippen LogP contribution in [-0.2, 0) is 0 Å². The average Bonchev–Trinajstić information content (AvgIpc) is 3.63. The van der Waals surface area contributed by atoms with Gasteiger partial charge >= 0.3 is 0 Å². The molecule has 2 saturated heterocycles. The number of fused-ring (bicyclic) bond motifs is 3. The number of hydrogen-bond donors (Lipinski definition) is 2. The van der Waals surface area contributed by atoms with Crippen molar-refractivity contribution in [3.63, 3.8) is 0 Å². The van der Waals surface area contributed by atoms with E-state index in [1.54, 1.807) is 4.68 Å². The van der Waals surface area contributed by atoms with Gasteiger partial charge in [-0.3, -0.25) is 0 Å². The summed E-state index contributed by atoms with van der Waals surface area (Å²) in [6, 6.07) is 19.1. The smallest absolute Gasteiger partial charge is 0.248 e. The highest BCUT2D eigenvalue weighted by atomic mass is 15.4. The Bertz CT molecular complexity index is 1650. The highest BCUT2D eigenvalue weighted by Crippen LogP contribution is 2.30. The molecule has 39 heavy (non-hydrogen) atoms. The van der Waals surface area contributed by atoms with E-state index in [0.29, 0.717) is 11.8 Å². The lowest BCUT2D eigenvalue weighted by Gasteiger charge is -2.37. The van der Waals surface area contributed by atoms with Gasteiger partial charge in [0.25, 0.3) is 0 Å². The lowest BCUT2D eigenvalue weighted by molar-refractivity contribution is 0.207. The van der Waals surface area contributed by atoms with Crippen LogP contribution in [0.2, 0.25) is 0 Å². The van der Waals surface area contributed by atoms with E-state index in [-0.39, 0.29) is 5.95 Å². The van der Waals surface area contributed by atoms with Crippen LogP contribution in [0.5, 0.6) is 0 Å². The Morgan fingerprint density at radius 3 is 2.33 bits per heavy atom. The molecule has 7 rings (SSSR count). The van der Waals surface area contributed by atoms with E-state index in [0.717, 1.165) is 57.9 Å². The van der Waals surface area contributed by atoms with Crippen LogP contribution < -0.4 is 16.0 Å². The minimum absolute atomic E-state index is 0.271. The van der Waals surface area contributed by atoms with Crippen molar-refractivity contribution in [3.8, 4) is 5.82 Å². The summed E-state index contributed by atoms with van der Waals surface area (Å²) in [5, 5.41) is 11.1. The number of aryl methyl sites for hydroxylation is 1. The van der Waals surface area contributed by atoms with E-state index in [1.807, 2.05) is 42.6 Å².